The van der Waals surface area contributed by atoms with Crippen molar-refractivity contribution in [3.05, 3.63) is 99.5 Å². The molecular weight excluding hydrogens is 590 g/mol. The van der Waals surface area contributed by atoms with Gasteiger partial charge in [0, 0.05) is 23.0 Å². The van der Waals surface area contributed by atoms with Gasteiger partial charge in [-0.1, -0.05) is 70.5 Å². The molecule has 0 saturated carbocycles. The number of anilines is 1. The van der Waals surface area contributed by atoms with E-state index in [4.69, 9.17) is 0 Å². The number of amides is 2. The number of carbonyl (C=O) groups is 2. The highest BCUT2D eigenvalue weighted by molar-refractivity contribution is 9.10. The zero-order valence-corrected chi connectivity index (χ0v) is 26.3. The second kappa shape index (κ2) is 13.0. The third-order valence-electron chi connectivity index (χ3n) is 6.54. The van der Waals surface area contributed by atoms with E-state index in [0.717, 1.165) is 37.3 Å². The Balaban J connectivity index is 2.10. The number of carbonyl (C=O) groups excluding carboxylic acids is 2. The summed E-state index contributed by atoms with van der Waals surface area (Å²) in [4.78, 5) is 29.5. The summed E-state index contributed by atoms with van der Waals surface area (Å²) in [6.07, 6.45) is 1.36. The lowest BCUT2D eigenvalue weighted by atomic mass is 10.0. The molecule has 0 aliphatic carbocycles. The summed E-state index contributed by atoms with van der Waals surface area (Å²) in [6.45, 7) is 9.07. The molecule has 0 saturated heterocycles. The van der Waals surface area contributed by atoms with Gasteiger partial charge in [-0.25, -0.2) is 8.42 Å². The largest absolute Gasteiger partial charge is 0.350 e. The lowest BCUT2D eigenvalue weighted by Crippen LogP contribution is -2.56. The van der Waals surface area contributed by atoms with Crippen LogP contribution in [0.15, 0.2) is 77.3 Å². The van der Waals surface area contributed by atoms with Gasteiger partial charge in [-0.2, -0.15) is 0 Å². The van der Waals surface area contributed by atoms with Gasteiger partial charge in [0.1, 0.15) is 12.6 Å². The van der Waals surface area contributed by atoms with Crippen molar-refractivity contribution in [2.24, 2.45) is 0 Å². The van der Waals surface area contributed by atoms with Crippen molar-refractivity contribution in [3.8, 4) is 0 Å². The number of hydrogen-bond acceptors (Lipinski definition) is 4. The molecule has 2 amide bonds. The number of nitrogens with zero attached hydrogens (tertiary/aromatic N) is 2. The number of rotatable bonds is 10. The molecule has 3 aromatic rings. The van der Waals surface area contributed by atoms with Gasteiger partial charge in [0.05, 0.1) is 11.9 Å². The molecule has 0 bridgehead atoms. The van der Waals surface area contributed by atoms with Crippen LogP contribution in [0.2, 0.25) is 0 Å². The quantitative estimate of drug-likeness (QED) is 0.327. The smallest absolute Gasteiger partial charge is 0.244 e. The third-order valence-corrected chi connectivity index (χ3v) is 8.15. The van der Waals surface area contributed by atoms with Gasteiger partial charge in [0.25, 0.3) is 0 Å². The van der Waals surface area contributed by atoms with Crippen molar-refractivity contribution in [1.29, 1.82) is 0 Å². The number of hydrogen-bond donors (Lipinski definition) is 1. The van der Waals surface area contributed by atoms with Crippen LogP contribution in [-0.4, -0.2) is 49.5 Å². The lowest BCUT2D eigenvalue weighted by Gasteiger charge is -2.35. The standard InChI is InChI=1S/C31H38BrN3O4S/c1-22-12-10-17-27(23(22)2)35(40(6,38)39)21-29(36)34(20-25-15-11-16-26(32)18-25)28(30(37)33-31(3,4)5)19-24-13-8-7-9-14-24/h7-18,28H,19-21H2,1-6H3,(H,33,37). The van der Waals surface area contributed by atoms with E-state index in [1.807, 2.05) is 95.3 Å². The van der Waals surface area contributed by atoms with E-state index >= 15 is 0 Å². The van der Waals surface area contributed by atoms with E-state index < -0.39 is 34.1 Å². The van der Waals surface area contributed by atoms with Gasteiger partial charge in [0.2, 0.25) is 21.8 Å². The first-order valence-electron chi connectivity index (χ1n) is 13.1. The van der Waals surface area contributed by atoms with Crippen LogP contribution in [0.4, 0.5) is 5.69 Å². The van der Waals surface area contributed by atoms with E-state index in [1.54, 1.807) is 12.1 Å². The molecule has 1 N–H and O–H groups in total. The van der Waals surface area contributed by atoms with Gasteiger partial charge in [-0.15, -0.1) is 0 Å². The highest BCUT2D eigenvalue weighted by Crippen LogP contribution is 2.26. The molecular formula is C31H38BrN3O4S. The van der Waals surface area contributed by atoms with Gasteiger partial charge < -0.3 is 10.2 Å². The average molecular weight is 629 g/mol. The summed E-state index contributed by atoms with van der Waals surface area (Å²) in [7, 11) is -3.82. The minimum absolute atomic E-state index is 0.123. The zero-order valence-electron chi connectivity index (χ0n) is 23.9. The summed E-state index contributed by atoms with van der Waals surface area (Å²) in [5.41, 5.74) is 3.28. The van der Waals surface area contributed by atoms with Crippen LogP contribution in [0.1, 0.15) is 43.0 Å². The minimum atomic E-state index is -3.82. The molecule has 0 spiro atoms. The first kappa shape index (κ1) is 31.4. The molecule has 0 fully saturated rings. The molecule has 0 aliphatic rings. The van der Waals surface area contributed by atoms with E-state index in [-0.39, 0.29) is 18.9 Å². The van der Waals surface area contributed by atoms with Gasteiger partial charge >= 0.3 is 0 Å². The van der Waals surface area contributed by atoms with Gasteiger partial charge in [-0.05, 0) is 75.1 Å². The Morgan fingerprint density at radius 1 is 0.925 bits per heavy atom. The van der Waals surface area contributed by atoms with Crippen molar-refractivity contribution < 1.29 is 18.0 Å². The number of nitrogens with one attached hydrogen (secondary N) is 1. The summed E-state index contributed by atoms with van der Waals surface area (Å²) < 4.78 is 28.0. The second-order valence-electron chi connectivity index (χ2n) is 11.1. The number of benzene rings is 3. The second-order valence-corrected chi connectivity index (χ2v) is 13.9. The number of aryl methyl sites for hydroxylation is 1. The van der Waals surface area contributed by atoms with Gasteiger partial charge in [-0.3, -0.25) is 13.9 Å². The first-order chi connectivity index (χ1) is 18.7. The average Bonchev–Trinajstić information content (AvgIpc) is 2.85. The summed E-state index contributed by atoms with van der Waals surface area (Å²) in [5, 5.41) is 3.03. The lowest BCUT2D eigenvalue weighted by molar-refractivity contribution is -0.140. The molecule has 0 aromatic heterocycles. The molecule has 0 heterocycles. The van der Waals surface area contributed by atoms with E-state index in [9.17, 15) is 18.0 Å². The Kier molecular flexibility index (Phi) is 10.2. The van der Waals surface area contributed by atoms with Crippen molar-refractivity contribution >= 4 is 43.5 Å². The van der Waals surface area contributed by atoms with Crippen LogP contribution in [0.3, 0.4) is 0 Å². The van der Waals surface area contributed by atoms with Crippen LogP contribution in [0.25, 0.3) is 0 Å². The van der Waals surface area contributed by atoms with Crippen LogP contribution in [-0.2, 0) is 32.6 Å². The molecule has 40 heavy (non-hydrogen) atoms. The Bertz CT molecular complexity index is 1450. The summed E-state index contributed by atoms with van der Waals surface area (Å²) >= 11 is 3.49. The summed E-state index contributed by atoms with van der Waals surface area (Å²) in [6, 6.07) is 21.5. The molecule has 214 valence electrons. The molecule has 9 heteroatoms. The molecule has 1 atom stereocenters. The van der Waals surface area contributed by atoms with Crippen LogP contribution in [0, 0.1) is 13.8 Å². The Hall–Kier alpha value is -3.17. The molecule has 3 rings (SSSR count). The first-order valence-corrected chi connectivity index (χ1v) is 15.7. The minimum Gasteiger partial charge on any atom is -0.350 e. The monoisotopic (exact) mass is 627 g/mol. The number of halogens is 1. The maximum Gasteiger partial charge on any atom is 0.244 e. The topological polar surface area (TPSA) is 86.8 Å². The number of sulfonamides is 1. The highest BCUT2D eigenvalue weighted by atomic mass is 79.9. The molecule has 1 unspecified atom stereocenters. The van der Waals surface area contributed by atoms with Crippen LogP contribution in [0.5, 0.6) is 0 Å². The fourth-order valence-electron chi connectivity index (χ4n) is 4.44. The highest BCUT2D eigenvalue weighted by Gasteiger charge is 2.34. The SMILES string of the molecule is Cc1cccc(N(CC(=O)N(Cc2cccc(Br)c2)C(Cc2ccccc2)C(=O)NC(C)(C)C)S(C)(=O)=O)c1C. The fraction of sp³-hybridized carbons (Fsp3) is 0.355. The maximum absolute atomic E-state index is 14.2. The molecule has 0 aliphatic heterocycles. The van der Waals surface area contributed by atoms with E-state index in [2.05, 4.69) is 21.2 Å². The van der Waals surface area contributed by atoms with E-state index in [1.165, 1.54) is 4.90 Å². The van der Waals surface area contributed by atoms with E-state index in [0.29, 0.717) is 5.69 Å². The Labute approximate surface area is 246 Å². The summed E-state index contributed by atoms with van der Waals surface area (Å²) in [5.74, 6) is -0.784. The Morgan fingerprint density at radius 3 is 2.15 bits per heavy atom. The molecule has 7 nitrogen and oxygen atoms in total. The molecule has 0 radical (unpaired) electrons. The van der Waals surface area contributed by atoms with Crippen molar-refractivity contribution in [1.82, 2.24) is 10.2 Å². The predicted molar refractivity (Wildman–Crippen MR) is 165 cm³/mol. The van der Waals surface area contributed by atoms with Gasteiger partial charge in [0.15, 0.2) is 0 Å². The predicted octanol–water partition coefficient (Wildman–Crippen LogP) is 5.39. The van der Waals surface area contributed by atoms with Crippen LogP contribution < -0.4 is 9.62 Å². The van der Waals surface area contributed by atoms with Crippen molar-refractivity contribution in [2.45, 2.75) is 59.2 Å². The van der Waals surface area contributed by atoms with Crippen LogP contribution >= 0.6 is 15.9 Å². The third kappa shape index (κ3) is 8.66. The Morgan fingerprint density at radius 2 is 1.55 bits per heavy atom. The van der Waals surface area contributed by atoms with Crippen molar-refractivity contribution in [2.75, 3.05) is 17.1 Å². The fourth-order valence-corrected chi connectivity index (χ4v) is 5.79. The molecule has 3 aromatic carbocycles. The zero-order chi connectivity index (χ0) is 29.7. The maximum atomic E-state index is 14.2. The normalized spacial score (nSPS) is 12.5. The van der Waals surface area contributed by atoms with Crippen molar-refractivity contribution in [3.63, 3.8) is 0 Å².